The van der Waals surface area contributed by atoms with Crippen molar-refractivity contribution in [2.75, 3.05) is 13.7 Å². The Balaban J connectivity index is 1.86. The maximum atomic E-state index is 13.1. The van der Waals surface area contributed by atoms with Gasteiger partial charge in [-0.1, -0.05) is 13.8 Å². The van der Waals surface area contributed by atoms with Crippen molar-refractivity contribution in [1.29, 1.82) is 0 Å². The molecule has 0 saturated carbocycles. The molecule has 3 aliphatic rings. The first-order valence-electron chi connectivity index (χ1n) is 10.7. The number of allylic oxidation sites excluding steroid dienone is 4. The lowest BCUT2D eigenvalue weighted by molar-refractivity contribution is -0.117. The summed E-state index contributed by atoms with van der Waals surface area (Å²) < 4.78 is 7.65. The number of hydrogen-bond acceptors (Lipinski definition) is 4. The molecule has 0 saturated heterocycles. The Morgan fingerprint density at radius 1 is 0.967 bits per heavy atom. The van der Waals surface area contributed by atoms with E-state index in [1.165, 1.54) is 0 Å². The molecule has 6 heteroatoms. The standard InChI is InChI=1S/C24H27Br2NO3/c1-13(2)12-30-24-15(25)10-14(11-16(24)26)21-22-17(6-4-8-19(22)28)27(3)18-7-5-9-20(29)23(18)21/h10-11,13,21H,4-9,12H2,1-3H3. The molecule has 2 aliphatic carbocycles. The molecule has 0 spiro atoms. The first-order valence-corrected chi connectivity index (χ1v) is 12.3. The fraction of sp³-hybridized carbons (Fsp3) is 0.500. The summed E-state index contributed by atoms with van der Waals surface area (Å²) in [6, 6.07) is 4.05. The van der Waals surface area contributed by atoms with Crippen molar-refractivity contribution in [2.24, 2.45) is 5.92 Å². The predicted molar refractivity (Wildman–Crippen MR) is 124 cm³/mol. The smallest absolute Gasteiger partial charge is 0.161 e. The third kappa shape index (κ3) is 3.81. The largest absolute Gasteiger partial charge is 0.491 e. The van der Waals surface area contributed by atoms with E-state index in [2.05, 4.69) is 50.6 Å². The maximum Gasteiger partial charge on any atom is 0.161 e. The molecule has 0 radical (unpaired) electrons. The van der Waals surface area contributed by atoms with Crippen LogP contribution in [-0.2, 0) is 9.59 Å². The maximum absolute atomic E-state index is 13.1. The molecule has 0 aromatic heterocycles. The van der Waals surface area contributed by atoms with Gasteiger partial charge in [0.1, 0.15) is 5.75 Å². The molecule has 0 bridgehead atoms. The molecule has 1 aliphatic heterocycles. The lowest BCUT2D eigenvalue weighted by atomic mass is 9.71. The Hall–Kier alpha value is -1.40. The first kappa shape index (κ1) is 21.8. The first-order chi connectivity index (χ1) is 14.3. The van der Waals surface area contributed by atoms with E-state index >= 15 is 0 Å². The normalized spacial score (nSPS) is 20.1. The molecule has 0 atom stereocenters. The summed E-state index contributed by atoms with van der Waals surface area (Å²) in [6.45, 7) is 4.84. The van der Waals surface area contributed by atoms with Crippen LogP contribution < -0.4 is 4.74 Å². The Labute approximate surface area is 195 Å². The molecule has 0 fully saturated rings. The van der Waals surface area contributed by atoms with Crippen molar-refractivity contribution in [2.45, 2.75) is 58.3 Å². The van der Waals surface area contributed by atoms with E-state index in [1.54, 1.807) is 0 Å². The number of ether oxygens (including phenoxy) is 1. The number of rotatable bonds is 4. The molecule has 1 aromatic rings. The number of carbonyl (C=O) groups is 2. The molecular weight excluding hydrogens is 510 g/mol. The van der Waals surface area contributed by atoms with E-state index in [9.17, 15) is 9.59 Å². The highest BCUT2D eigenvalue weighted by atomic mass is 79.9. The van der Waals surface area contributed by atoms with Crippen LogP contribution in [0.4, 0.5) is 0 Å². The van der Waals surface area contributed by atoms with Gasteiger partial charge >= 0.3 is 0 Å². The number of nitrogens with zero attached hydrogens (tertiary/aromatic N) is 1. The summed E-state index contributed by atoms with van der Waals surface area (Å²) in [4.78, 5) is 28.3. The second-order valence-electron chi connectivity index (χ2n) is 8.78. The Morgan fingerprint density at radius 3 is 1.93 bits per heavy atom. The highest BCUT2D eigenvalue weighted by molar-refractivity contribution is 9.11. The van der Waals surface area contributed by atoms with Crippen molar-refractivity contribution >= 4 is 43.4 Å². The lowest BCUT2D eigenvalue weighted by Crippen LogP contribution is -2.37. The fourth-order valence-electron chi connectivity index (χ4n) is 4.82. The molecule has 0 N–H and O–H groups in total. The third-order valence-corrected chi connectivity index (χ3v) is 7.34. The highest BCUT2D eigenvalue weighted by Crippen LogP contribution is 2.50. The van der Waals surface area contributed by atoms with Crippen molar-refractivity contribution in [1.82, 2.24) is 4.90 Å². The Bertz CT molecular complexity index is 910. The lowest BCUT2D eigenvalue weighted by Gasteiger charge is -2.42. The molecule has 4 rings (SSSR count). The van der Waals surface area contributed by atoms with E-state index < -0.39 is 0 Å². The van der Waals surface area contributed by atoms with Crippen LogP contribution in [0.2, 0.25) is 0 Å². The highest BCUT2D eigenvalue weighted by Gasteiger charge is 2.42. The van der Waals surface area contributed by atoms with Gasteiger partial charge in [-0.05, 0) is 81.2 Å². The molecule has 1 heterocycles. The molecule has 30 heavy (non-hydrogen) atoms. The van der Waals surface area contributed by atoms with Crippen LogP contribution in [0.3, 0.4) is 0 Å². The van der Waals surface area contributed by atoms with Crippen LogP contribution in [-0.4, -0.2) is 30.1 Å². The van der Waals surface area contributed by atoms with E-state index in [1.807, 2.05) is 19.2 Å². The van der Waals surface area contributed by atoms with Crippen molar-refractivity contribution < 1.29 is 14.3 Å². The second kappa shape index (κ2) is 8.62. The summed E-state index contributed by atoms with van der Waals surface area (Å²) >= 11 is 7.33. The van der Waals surface area contributed by atoms with Crippen LogP contribution in [0, 0.1) is 5.92 Å². The monoisotopic (exact) mass is 535 g/mol. The number of benzene rings is 1. The van der Waals surface area contributed by atoms with Crippen molar-refractivity contribution in [3.63, 3.8) is 0 Å². The second-order valence-corrected chi connectivity index (χ2v) is 10.5. The van der Waals surface area contributed by atoms with Gasteiger partial charge in [0, 0.05) is 48.3 Å². The third-order valence-electron chi connectivity index (χ3n) is 6.16. The van der Waals surface area contributed by atoms with Gasteiger partial charge in [0.15, 0.2) is 11.6 Å². The molecule has 0 unspecified atom stereocenters. The summed E-state index contributed by atoms with van der Waals surface area (Å²) in [5, 5.41) is 0. The van der Waals surface area contributed by atoms with Crippen molar-refractivity contribution in [3.8, 4) is 5.75 Å². The van der Waals surface area contributed by atoms with Gasteiger partial charge in [-0.3, -0.25) is 9.59 Å². The van der Waals surface area contributed by atoms with E-state index in [-0.39, 0.29) is 17.5 Å². The average molecular weight is 537 g/mol. The quantitative estimate of drug-likeness (QED) is 0.453. The minimum atomic E-state index is -0.293. The zero-order valence-corrected chi connectivity index (χ0v) is 20.9. The van der Waals surface area contributed by atoms with Gasteiger partial charge in [-0.25, -0.2) is 0 Å². The van der Waals surface area contributed by atoms with E-state index in [4.69, 9.17) is 4.74 Å². The van der Waals surface area contributed by atoms with Gasteiger partial charge in [0.25, 0.3) is 0 Å². The topological polar surface area (TPSA) is 46.6 Å². The van der Waals surface area contributed by atoms with Crippen molar-refractivity contribution in [3.05, 3.63) is 49.2 Å². The van der Waals surface area contributed by atoms with Crippen LogP contribution in [0.15, 0.2) is 43.6 Å². The molecular formula is C24H27Br2NO3. The van der Waals surface area contributed by atoms with E-state index in [0.29, 0.717) is 25.4 Å². The summed E-state index contributed by atoms with van der Waals surface area (Å²) in [6.07, 6.45) is 4.63. The number of carbonyl (C=O) groups excluding carboxylic acids is 2. The molecule has 4 nitrogen and oxygen atoms in total. The van der Waals surface area contributed by atoms with Gasteiger partial charge < -0.3 is 9.64 Å². The minimum absolute atomic E-state index is 0.172. The minimum Gasteiger partial charge on any atom is -0.491 e. The number of Topliss-reactive ketones (excluding diaryl/α,β-unsaturated/α-hetero) is 2. The van der Waals surface area contributed by atoms with Gasteiger partial charge in [0.2, 0.25) is 0 Å². The van der Waals surface area contributed by atoms with Crippen LogP contribution in [0.5, 0.6) is 5.75 Å². The predicted octanol–water partition coefficient (Wildman–Crippen LogP) is 6.29. The SMILES string of the molecule is CC(C)COc1c(Br)cc(C2C3=C(CCCC3=O)N(C)C3=C2C(=O)CCC3)cc1Br. The summed E-state index contributed by atoms with van der Waals surface area (Å²) in [5.74, 6) is 1.22. The van der Waals surface area contributed by atoms with Gasteiger partial charge in [-0.2, -0.15) is 0 Å². The fourth-order valence-corrected chi connectivity index (χ4v) is 6.27. The van der Waals surface area contributed by atoms with Gasteiger partial charge in [0.05, 0.1) is 15.6 Å². The summed E-state index contributed by atoms with van der Waals surface area (Å²) in [7, 11) is 2.02. The zero-order valence-electron chi connectivity index (χ0n) is 17.7. The van der Waals surface area contributed by atoms with E-state index in [0.717, 1.165) is 68.5 Å². The summed E-state index contributed by atoms with van der Waals surface area (Å²) in [5.41, 5.74) is 4.78. The molecule has 0 amide bonds. The molecule has 1 aromatic carbocycles. The number of halogens is 2. The average Bonchev–Trinajstić information content (AvgIpc) is 2.68. The molecule has 160 valence electrons. The number of ketones is 2. The zero-order chi connectivity index (χ0) is 21.6. The van der Waals surface area contributed by atoms with Crippen LogP contribution >= 0.6 is 31.9 Å². The van der Waals surface area contributed by atoms with Crippen LogP contribution in [0.1, 0.15) is 63.9 Å². The Kier molecular flexibility index (Phi) is 6.27. The Morgan fingerprint density at radius 2 is 1.47 bits per heavy atom. The van der Waals surface area contributed by atoms with Crippen LogP contribution in [0.25, 0.3) is 0 Å². The van der Waals surface area contributed by atoms with Gasteiger partial charge in [-0.15, -0.1) is 0 Å². The number of hydrogen-bond donors (Lipinski definition) is 0.